The van der Waals surface area contributed by atoms with E-state index in [9.17, 15) is 0 Å². The van der Waals surface area contributed by atoms with E-state index in [0.717, 1.165) is 5.92 Å². The molecule has 0 saturated heterocycles. The van der Waals surface area contributed by atoms with E-state index in [2.05, 4.69) is 38.6 Å². The Bertz CT molecular complexity index is 372. The minimum Gasteiger partial charge on any atom is -0.102 e. The van der Waals surface area contributed by atoms with Gasteiger partial charge in [0, 0.05) is 5.92 Å². The first-order chi connectivity index (χ1) is 7.77. The minimum absolute atomic E-state index is 0.243. The molecule has 1 aliphatic carbocycles. The summed E-state index contributed by atoms with van der Waals surface area (Å²) in [6.45, 7) is 10.3. The van der Waals surface area contributed by atoms with Gasteiger partial charge >= 0.3 is 0 Å². The number of rotatable bonds is 5. The van der Waals surface area contributed by atoms with Gasteiger partial charge in [0.2, 0.25) is 0 Å². The second-order valence-corrected chi connectivity index (χ2v) is 4.79. The Morgan fingerprint density at radius 1 is 1.44 bits per heavy atom. The summed E-state index contributed by atoms with van der Waals surface area (Å²) in [6, 6.07) is 6.69. The Hall–Kier alpha value is -1.04. The lowest BCUT2D eigenvalue weighted by Gasteiger charge is -2.17. The molecule has 0 heterocycles. The van der Waals surface area contributed by atoms with Crippen LogP contribution in [0.5, 0.6) is 0 Å². The Morgan fingerprint density at radius 2 is 2.19 bits per heavy atom. The largest absolute Gasteiger partial charge is 0.102 e. The van der Waals surface area contributed by atoms with Gasteiger partial charge in [-0.3, -0.25) is 0 Å². The third-order valence-electron chi connectivity index (χ3n) is 3.42. The van der Waals surface area contributed by atoms with Crippen molar-refractivity contribution in [3.8, 4) is 0 Å². The van der Waals surface area contributed by atoms with E-state index >= 15 is 0 Å². The van der Waals surface area contributed by atoms with Crippen LogP contribution < -0.4 is 0 Å². The van der Waals surface area contributed by atoms with Crippen molar-refractivity contribution in [3.05, 3.63) is 54.5 Å². The van der Waals surface area contributed by atoms with Crippen molar-refractivity contribution in [3.63, 3.8) is 0 Å². The fraction of sp³-hybridized carbons (Fsp3) is 0.438. The molecule has 1 aliphatic rings. The Labute approximate surface area is 99.4 Å². The molecular formula is C16H21. The second kappa shape index (κ2) is 4.86. The summed E-state index contributed by atoms with van der Waals surface area (Å²) < 4.78 is 0. The number of hydrogen-bond acceptors (Lipinski definition) is 0. The highest BCUT2D eigenvalue weighted by molar-refractivity contribution is 5.44. The maximum absolute atomic E-state index is 4.18. The van der Waals surface area contributed by atoms with Crippen molar-refractivity contribution in [2.45, 2.75) is 44.4 Å². The topological polar surface area (TPSA) is 0 Å². The number of allylic oxidation sites excluding steroid dienone is 1. The van der Waals surface area contributed by atoms with Gasteiger partial charge in [0.15, 0.2) is 0 Å². The van der Waals surface area contributed by atoms with Crippen LogP contribution in [0.2, 0.25) is 0 Å². The lowest BCUT2D eigenvalue weighted by atomic mass is 9.88. The van der Waals surface area contributed by atoms with Crippen LogP contribution in [-0.2, 0) is 6.42 Å². The normalized spacial score (nSPS) is 17.1. The molecule has 0 nitrogen and oxygen atoms in total. The highest BCUT2D eigenvalue weighted by Crippen LogP contribution is 2.45. The second-order valence-electron chi connectivity index (χ2n) is 4.79. The molecule has 1 saturated carbocycles. The minimum atomic E-state index is 0.243. The average Bonchev–Trinajstić information content (AvgIpc) is 3.12. The number of hydrogen-bond donors (Lipinski definition) is 0. The molecule has 1 radical (unpaired) electrons. The van der Waals surface area contributed by atoms with Gasteiger partial charge < -0.3 is 0 Å². The summed E-state index contributed by atoms with van der Waals surface area (Å²) in [4.78, 5) is 0. The van der Waals surface area contributed by atoms with Crippen LogP contribution in [0, 0.1) is 6.92 Å². The fourth-order valence-corrected chi connectivity index (χ4v) is 2.44. The molecule has 16 heavy (non-hydrogen) atoms. The zero-order valence-electron chi connectivity index (χ0n) is 10.2. The van der Waals surface area contributed by atoms with E-state index < -0.39 is 0 Å². The Balaban J connectivity index is 2.42. The van der Waals surface area contributed by atoms with Crippen molar-refractivity contribution in [2.24, 2.45) is 0 Å². The zero-order valence-corrected chi connectivity index (χ0v) is 10.2. The van der Waals surface area contributed by atoms with Crippen molar-refractivity contribution in [1.82, 2.24) is 0 Å². The summed E-state index contributed by atoms with van der Waals surface area (Å²) in [7, 11) is 0. The molecule has 1 aromatic rings. The third kappa shape index (κ3) is 2.21. The number of aryl methyl sites for hydroxylation is 1. The van der Waals surface area contributed by atoms with Crippen LogP contribution in [0.3, 0.4) is 0 Å². The van der Waals surface area contributed by atoms with Gasteiger partial charge in [0.1, 0.15) is 0 Å². The van der Waals surface area contributed by atoms with E-state index in [1.54, 1.807) is 5.56 Å². The highest BCUT2D eigenvalue weighted by Gasteiger charge is 2.28. The Kier molecular flexibility index (Phi) is 3.48. The summed E-state index contributed by atoms with van der Waals surface area (Å²) in [5.74, 6) is 1.05. The summed E-state index contributed by atoms with van der Waals surface area (Å²) in [5, 5.41) is 0. The first kappa shape index (κ1) is 11.4. The molecule has 1 aromatic carbocycles. The zero-order chi connectivity index (χ0) is 11.5. The molecule has 1 atom stereocenters. The molecule has 0 amide bonds. The van der Waals surface area contributed by atoms with E-state index in [4.69, 9.17) is 0 Å². The first-order valence-corrected chi connectivity index (χ1v) is 6.35. The molecule has 0 aromatic heterocycles. The van der Waals surface area contributed by atoms with Gasteiger partial charge in [0.25, 0.3) is 0 Å². The summed E-state index contributed by atoms with van der Waals surface area (Å²) in [5.41, 5.74) is 4.53. The van der Waals surface area contributed by atoms with Crippen LogP contribution in [0.15, 0.2) is 30.9 Å². The van der Waals surface area contributed by atoms with E-state index in [1.807, 2.05) is 6.08 Å². The molecule has 0 heteroatoms. The molecule has 1 fully saturated rings. The predicted octanol–water partition coefficient (Wildman–Crippen LogP) is 4.62. The molecule has 2 rings (SSSR count). The van der Waals surface area contributed by atoms with E-state index in [0.29, 0.717) is 0 Å². The van der Waals surface area contributed by atoms with Gasteiger partial charge in [-0.25, -0.2) is 0 Å². The standard InChI is InChI=1S/C16H21/c1-4-7-13-8-6-9-15(12(3)5-2)16(13)14-10-11-14/h5-6,8-9,12,14H,2-4,7,10-11H2,1H3. The SMILES string of the molecule is [CH2]C(C=C)c1cccc(CCC)c1C1CC1. The lowest BCUT2D eigenvalue weighted by Crippen LogP contribution is -2.01. The summed E-state index contributed by atoms with van der Waals surface area (Å²) in [6.07, 6.45) is 7.09. The molecule has 85 valence electrons. The summed E-state index contributed by atoms with van der Waals surface area (Å²) >= 11 is 0. The van der Waals surface area contributed by atoms with Crippen molar-refractivity contribution in [2.75, 3.05) is 0 Å². The quantitative estimate of drug-likeness (QED) is 0.626. The Morgan fingerprint density at radius 3 is 2.75 bits per heavy atom. The van der Waals surface area contributed by atoms with Crippen LogP contribution in [0.25, 0.3) is 0 Å². The molecule has 0 aliphatic heterocycles. The van der Waals surface area contributed by atoms with Crippen LogP contribution in [0.4, 0.5) is 0 Å². The van der Waals surface area contributed by atoms with E-state index in [1.165, 1.54) is 36.8 Å². The van der Waals surface area contributed by atoms with E-state index in [-0.39, 0.29) is 5.92 Å². The maximum Gasteiger partial charge on any atom is 0.00185 e. The van der Waals surface area contributed by atoms with Crippen molar-refractivity contribution >= 4 is 0 Å². The van der Waals surface area contributed by atoms with Gasteiger partial charge in [-0.2, -0.15) is 0 Å². The maximum atomic E-state index is 4.18. The van der Waals surface area contributed by atoms with Gasteiger partial charge in [0.05, 0.1) is 0 Å². The molecule has 0 spiro atoms. The lowest BCUT2D eigenvalue weighted by molar-refractivity contribution is 0.879. The first-order valence-electron chi connectivity index (χ1n) is 6.35. The fourth-order valence-electron chi connectivity index (χ4n) is 2.44. The number of benzene rings is 1. The molecule has 0 bridgehead atoms. The molecule has 0 N–H and O–H groups in total. The third-order valence-corrected chi connectivity index (χ3v) is 3.42. The molecular weight excluding hydrogens is 192 g/mol. The van der Waals surface area contributed by atoms with Crippen LogP contribution in [0.1, 0.15) is 54.7 Å². The van der Waals surface area contributed by atoms with Gasteiger partial charge in [-0.15, -0.1) is 6.58 Å². The highest BCUT2D eigenvalue weighted by atomic mass is 14.3. The van der Waals surface area contributed by atoms with Crippen molar-refractivity contribution < 1.29 is 0 Å². The van der Waals surface area contributed by atoms with Crippen LogP contribution >= 0.6 is 0 Å². The van der Waals surface area contributed by atoms with Gasteiger partial charge in [-0.05, 0) is 48.8 Å². The van der Waals surface area contributed by atoms with Gasteiger partial charge in [-0.1, -0.05) is 37.6 Å². The predicted molar refractivity (Wildman–Crippen MR) is 70.7 cm³/mol. The smallest absolute Gasteiger partial charge is 0.00185 e. The molecule has 1 unspecified atom stereocenters. The van der Waals surface area contributed by atoms with Crippen LogP contribution in [-0.4, -0.2) is 0 Å². The van der Waals surface area contributed by atoms with Crippen molar-refractivity contribution in [1.29, 1.82) is 0 Å². The monoisotopic (exact) mass is 213 g/mol. The average molecular weight is 213 g/mol.